The summed E-state index contributed by atoms with van der Waals surface area (Å²) in [4.78, 5) is 37.3. The van der Waals surface area contributed by atoms with Gasteiger partial charge in [0.25, 0.3) is 5.69 Å². The van der Waals surface area contributed by atoms with Gasteiger partial charge in [0, 0.05) is 15.2 Å². The molecule has 3 aromatic carbocycles. The number of nitro benzene ring substituents is 2. The summed E-state index contributed by atoms with van der Waals surface area (Å²) in [5, 5.41) is 22.2. The number of ether oxygens (including phenoxy) is 2. The molecule has 4 rings (SSSR count). The number of aliphatic imine (C=N–C) groups is 1. The van der Waals surface area contributed by atoms with Gasteiger partial charge in [0.15, 0.2) is 5.70 Å². The summed E-state index contributed by atoms with van der Waals surface area (Å²) in [7, 11) is 0. The van der Waals surface area contributed by atoms with E-state index < -0.39 is 27.2 Å². The van der Waals surface area contributed by atoms with E-state index in [0.717, 1.165) is 21.8 Å². The van der Waals surface area contributed by atoms with Gasteiger partial charge in [-0.15, -0.1) is 0 Å². The second-order valence-corrected chi connectivity index (χ2v) is 7.93. The Morgan fingerprint density at radius 3 is 2.48 bits per heavy atom. The van der Waals surface area contributed by atoms with Crippen molar-refractivity contribution >= 4 is 51.9 Å². The maximum atomic E-state index is 12.3. The van der Waals surface area contributed by atoms with E-state index in [2.05, 4.69) is 27.6 Å². The predicted octanol–water partition coefficient (Wildman–Crippen LogP) is 5.24. The lowest BCUT2D eigenvalue weighted by molar-refractivity contribution is -0.394. The van der Waals surface area contributed by atoms with Gasteiger partial charge in [-0.05, 0) is 70.6 Å². The third kappa shape index (κ3) is 5.03. The zero-order chi connectivity index (χ0) is 23.5. The molecule has 0 radical (unpaired) electrons. The number of rotatable bonds is 6. The van der Waals surface area contributed by atoms with Crippen molar-refractivity contribution < 1.29 is 24.1 Å². The molecule has 33 heavy (non-hydrogen) atoms. The van der Waals surface area contributed by atoms with Crippen molar-refractivity contribution in [3.05, 3.63) is 107 Å². The summed E-state index contributed by atoms with van der Waals surface area (Å²) >= 11 is 2.15. The van der Waals surface area contributed by atoms with Crippen molar-refractivity contribution in [2.75, 3.05) is 0 Å². The number of non-ortho nitro benzene ring substituents is 1. The molecule has 0 unspecified atom stereocenters. The highest BCUT2D eigenvalue weighted by molar-refractivity contribution is 14.1. The topological polar surface area (TPSA) is 134 Å². The second kappa shape index (κ2) is 9.16. The Labute approximate surface area is 199 Å². The molecule has 164 valence electrons. The van der Waals surface area contributed by atoms with E-state index >= 15 is 0 Å². The van der Waals surface area contributed by atoms with Crippen molar-refractivity contribution in [2.24, 2.45) is 4.99 Å². The van der Waals surface area contributed by atoms with E-state index in [9.17, 15) is 25.0 Å². The highest BCUT2D eigenvalue weighted by Crippen LogP contribution is 2.34. The molecule has 11 heteroatoms. The molecule has 10 nitrogen and oxygen atoms in total. The predicted molar refractivity (Wildman–Crippen MR) is 126 cm³/mol. The smallest absolute Gasteiger partial charge is 0.363 e. The number of benzene rings is 3. The zero-order valence-electron chi connectivity index (χ0n) is 16.5. The number of hydrogen-bond donors (Lipinski definition) is 0. The molecule has 0 bridgehead atoms. The first-order valence-electron chi connectivity index (χ1n) is 9.29. The minimum atomic E-state index is -0.760. The normalized spacial score (nSPS) is 14.0. The Bertz CT molecular complexity index is 1370. The van der Waals surface area contributed by atoms with Crippen molar-refractivity contribution in [3.63, 3.8) is 0 Å². The molecule has 1 heterocycles. The summed E-state index contributed by atoms with van der Waals surface area (Å²) in [6.45, 7) is 0. The van der Waals surface area contributed by atoms with Crippen LogP contribution in [-0.4, -0.2) is 21.7 Å². The minimum Gasteiger partial charge on any atom is -0.450 e. The van der Waals surface area contributed by atoms with Crippen LogP contribution in [0, 0.1) is 23.8 Å². The fourth-order valence-corrected chi connectivity index (χ4v) is 3.50. The SMILES string of the molecule is O=C1OC(c2cccc(I)c2)=N/C1=C\c1cccc(Oc2ccc([N+](=O)[O-])cc2[N+](=O)[O-])c1. The van der Waals surface area contributed by atoms with E-state index in [1.807, 2.05) is 18.2 Å². The Balaban J connectivity index is 1.61. The van der Waals surface area contributed by atoms with Gasteiger partial charge in [0.1, 0.15) is 5.75 Å². The number of nitro groups is 2. The monoisotopic (exact) mass is 557 g/mol. The summed E-state index contributed by atoms with van der Waals surface area (Å²) in [5.41, 5.74) is 0.327. The highest BCUT2D eigenvalue weighted by atomic mass is 127. The molecule has 0 saturated carbocycles. The maximum absolute atomic E-state index is 12.3. The van der Waals surface area contributed by atoms with Crippen LogP contribution in [-0.2, 0) is 9.53 Å². The summed E-state index contributed by atoms with van der Waals surface area (Å²) < 4.78 is 11.8. The van der Waals surface area contributed by atoms with Gasteiger partial charge < -0.3 is 9.47 Å². The van der Waals surface area contributed by atoms with Crippen molar-refractivity contribution in [1.82, 2.24) is 0 Å². The molecule has 3 aromatic rings. The van der Waals surface area contributed by atoms with Crippen LogP contribution in [0.2, 0.25) is 0 Å². The average molecular weight is 557 g/mol. The van der Waals surface area contributed by atoms with Gasteiger partial charge in [0.2, 0.25) is 11.6 Å². The average Bonchev–Trinajstić information content (AvgIpc) is 3.14. The summed E-state index contributed by atoms with van der Waals surface area (Å²) in [6.07, 6.45) is 1.50. The van der Waals surface area contributed by atoms with E-state index in [1.54, 1.807) is 30.3 Å². The Morgan fingerprint density at radius 1 is 0.970 bits per heavy atom. The van der Waals surface area contributed by atoms with E-state index in [4.69, 9.17) is 9.47 Å². The van der Waals surface area contributed by atoms with Crippen molar-refractivity contribution in [1.29, 1.82) is 0 Å². The molecule has 1 aliphatic heterocycles. The third-order valence-electron chi connectivity index (χ3n) is 4.43. The first-order chi connectivity index (χ1) is 15.8. The van der Waals surface area contributed by atoms with E-state index in [0.29, 0.717) is 11.1 Å². The quantitative estimate of drug-likeness (QED) is 0.133. The number of halogens is 1. The molecule has 0 N–H and O–H groups in total. The zero-order valence-corrected chi connectivity index (χ0v) is 18.7. The van der Waals surface area contributed by atoms with E-state index in [1.165, 1.54) is 6.08 Å². The number of esters is 1. The van der Waals surface area contributed by atoms with Gasteiger partial charge >= 0.3 is 11.7 Å². The summed E-state index contributed by atoms with van der Waals surface area (Å²) in [6, 6.07) is 16.9. The Morgan fingerprint density at radius 2 is 1.76 bits per heavy atom. The Hall–Kier alpha value is -4.13. The number of carbonyl (C=O) groups is 1. The molecule has 1 aliphatic rings. The number of carbonyl (C=O) groups excluding carboxylic acids is 1. The molecule has 0 amide bonds. The molecular formula is C22H12IN3O7. The van der Waals surface area contributed by atoms with Gasteiger partial charge in [-0.2, -0.15) is 0 Å². The van der Waals surface area contributed by atoms with Gasteiger partial charge in [0.05, 0.1) is 15.9 Å². The maximum Gasteiger partial charge on any atom is 0.363 e. The fourth-order valence-electron chi connectivity index (χ4n) is 2.96. The lowest BCUT2D eigenvalue weighted by Crippen LogP contribution is -2.05. The largest absolute Gasteiger partial charge is 0.450 e. The highest BCUT2D eigenvalue weighted by Gasteiger charge is 2.25. The first-order valence-corrected chi connectivity index (χ1v) is 10.4. The number of cyclic esters (lactones) is 1. The van der Waals surface area contributed by atoms with Crippen LogP contribution in [0.1, 0.15) is 11.1 Å². The van der Waals surface area contributed by atoms with Gasteiger partial charge in [-0.1, -0.05) is 18.2 Å². The number of nitrogens with zero attached hydrogens (tertiary/aromatic N) is 3. The molecule has 0 fully saturated rings. The molecule has 0 saturated heterocycles. The van der Waals surface area contributed by atoms with Crippen molar-refractivity contribution in [2.45, 2.75) is 0 Å². The second-order valence-electron chi connectivity index (χ2n) is 6.69. The third-order valence-corrected chi connectivity index (χ3v) is 5.10. The molecular weight excluding hydrogens is 545 g/mol. The minimum absolute atomic E-state index is 0.0855. The fraction of sp³-hybridized carbons (Fsp3) is 0. The molecule has 0 aromatic heterocycles. The van der Waals surface area contributed by atoms with Crippen LogP contribution >= 0.6 is 22.6 Å². The van der Waals surface area contributed by atoms with Crippen molar-refractivity contribution in [3.8, 4) is 11.5 Å². The molecule has 0 aliphatic carbocycles. The van der Waals surface area contributed by atoms with Gasteiger partial charge in [-0.25, -0.2) is 9.79 Å². The first kappa shape index (κ1) is 22.1. The lowest BCUT2D eigenvalue weighted by Gasteiger charge is -2.07. The summed E-state index contributed by atoms with van der Waals surface area (Å²) in [5.74, 6) is -0.344. The van der Waals surface area contributed by atoms with Crippen LogP contribution in [0.5, 0.6) is 11.5 Å². The van der Waals surface area contributed by atoms with Crippen LogP contribution in [0.4, 0.5) is 11.4 Å². The molecule has 0 spiro atoms. The number of hydrogen-bond acceptors (Lipinski definition) is 8. The Kier molecular flexibility index (Phi) is 6.13. The van der Waals surface area contributed by atoms with Crippen LogP contribution in [0.3, 0.4) is 0 Å². The van der Waals surface area contributed by atoms with Crippen LogP contribution < -0.4 is 4.74 Å². The lowest BCUT2D eigenvalue weighted by atomic mass is 10.2. The van der Waals surface area contributed by atoms with E-state index in [-0.39, 0.29) is 23.1 Å². The van der Waals surface area contributed by atoms with Crippen LogP contribution in [0.25, 0.3) is 6.08 Å². The molecule has 0 atom stereocenters. The standard InChI is InChI=1S/C22H12IN3O7/c23-15-5-2-4-14(11-15)21-24-18(22(27)33-21)10-13-3-1-6-17(9-13)32-20-8-7-16(25(28)29)12-19(20)26(30)31/h1-12H/b18-10-. The van der Waals surface area contributed by atoms with Crippen LogP contribution in [0.15, 0.2) is 77.4 Å². The van der Waals surface area contributed by atoms with Gasteiger partial charge in [-0.3, -0.25) is 20.2 Å².